The lowest BCUT2D eigenvalue weighted by Crippen LogP contribution is -2.38. The first-order valence-corrected chi connectivity index (χ1v) is 9.13. The van der Waals surface area contributed by atoms with Crippen molar-refractivity contribution in [1.82, 2.24) is 9.62 Å². The molecule has 4 nitrogen and oxygen atoms in total. The summed E-state index contributed by atoms with van der Waals surface area (Å²) in [6.07, 6.45) is 0.738. The highest BCUT2D eigenvalue weighted by atomic mass is 35.5. The molecule has 0 saturated carbocycles. The van der Waals surface area contributed by atoms with Crippen LogP contribution in [0.4, 0.5) is 0 Å². The fraction of sp³-hybridized carbons (Fsp3) is 0.571. The van der Waals surface area contributed by atoms with Gasteiger partial charge in [0.25, 0.3) is 0 Å². The van der Waals surface area contributed by atoms with Crippen LogP contribution in [0.2, 0.25) is 10.0 Å². The molecule has 0 fully saturated rings. The van der Waals surface area contributed by atoms with Gasteiger partial charge in [-0.05, 0) is 38.1 Å². The molecule has 1 atom stereocenters. The zero-order chi connectivity index (χ0) is 16.2. The minimum absolute atomic E-state index is 0.0838. The van der Waals surface area contributed by atoms with Gasteiger partial charge >= 0.3 is 0 Å². The van der Waals surface area contributed by atoms with Crippen molar-refractivity contribution in [2.45, 2.75) is 44.7 Å². The first-order chi connectivity index (χ1) is 9.79. The van der Waals surface area contributed by atoms with Crippen molar-refractivity contribution in [3.8, 4) is 0 Å². The van der Waals surface area contributed by atoms with E-state index in [4.69, 9.17) is 23.2 Å². The molecule has 1 rings (SSSR count). The van der Waals surface area contributed by atoms with E-state index in [2.05, 4.69) is 5.32 Å². The van der Waals surface area contributed by atoms with Crippen molar-refractivity contribution in [3.63, 3.8) is 0 Å². The predicted octanol–water partition coefficient (Wildman–Crippen LogP) is 3.52. The summed E-state index contributed by atoms with van der Waals surface area (Å²) in [5.41, 5.74) is 0.711. The van der Waals surface area contributed by atoms with E-state index in [1.165, 1.54) is 10.4 Å². The van der Waals surface area contributed by atoms with Crippen LogP contribution in [0.15, 0.2) is 17.0 Å². The molecule has 0 aliphatic carbocycles. The van der Waals surface area contributed by atoms with Crippen molar-refractivity contribution in [2.75, 3.05) is 13.6 Å². The molecule has 0 aliphatic heterocycles. The largest absolute Gasteiger partial charge is 0.316 e. The predicted molar refractivity (Wildman–Crippen MR) is 88.5 cm³/mol. The third kappa shape index (κ3) is 4.11. The van der Waals surface area contributed by atoms with Crippen LogP contribution < -0.4 is 5.32 Å². The van der Waals surface area contributed by atoms with Crippen LogP contribution in [0.3, 0.4) is 0 Å². The average Bonchev–Trinajstić information content (AvgIpc) is 2.41. The molecule has 0 aromatic heterocycles. The van der Waals surface area contributed by atoms with E-state index in [1.807, 2.05) is 20.8 Å². The summed E-state index contributed by atoms with van der Waals surface area (Å²) >= 11 is 12.2. The molecule has 0 spiro atoms. The van der Waals surface area contributed by atoms with Crippen LogP contribution in [-0.4, -0.2) is 32.4 Å². The molecule has 0 saturated heterocycles. The Hall–Kier alpha value is -0.330. The summed E-state index contributed by atoms with van der Waals surface area (Å²) in [5, 5.41) is 3.58. The smallest absolute Gasteiger partial charge is 0.244 e. The Labute approximate surface area is 137 Å². The van der Waals surface area contributed by atoms with Gasteiger partial charge in [-0.15, -0.1) is 0 Å². The highest BCUT2D eigenvalue weighted by Crippen LogP contribution is 2.31. The SMILES string of the molecule is CCC(C)N(CC)S(=O)(=O)c1cc(CNC)c(Cl)cc1Cl. The van der Waals surface area contributed by atoms with Gasteiger partial charge in [0.1, 0.15) is 4.90 Å². The van der Waals surface area contributed by atoms with Crippen LogP contribution in [0.1, 0.15) is 32.8 Å². The molecule has 1 aromatic carbocycles. The maximum Gasteiger partial charge on any atom is 0.244 e. The number of sulfonamides is 1. The van der Waals surface area contributed by atoms with E-state index >= 15 is 0 Å². The second-order valence-corrected chi connectivity index (χ2v) is 7.54. The van der Waals surface area contributed by atoms with E-state index < -0.39 is 10.0 Å². The van der Waals surface area contributed by atoms with Gasteiger partial charge in [-0.1, -0.05) is 37.0 Å². The molecular weight excluding hydrogens is 331 g/mol. The molecule has 0 heterocycles. The Morgan fingerprint density at radius 3 is 2.33 bits per heavy atom. The Balaban J connectivity index is 3.39. The number of benzene rings is 1. The van der Waals surface area contributed by atoms with E-state index in [9.17, 15) is 8.42 Å². The molecule has 1 aromatic rings. The Morgan fingerprint density at radius 2 is 1.86 bits per heavy atom. The summed E-state index contributed by atoms with van der Waals surface area (Å²) in [7, 11) is -1.86. The first-order valence-electron chi connectivity index (χ1n) is 6.93. The minimum atomic E-state index is -3.64. The quantitative estimate of drug-likeness (QED) is 0.816. The van der Waals surface area contributed by atoms with Crippen molar-refractivity contribution >= 4 is 33.2 Å². The highest BCUT2D eigenvalue weighted by molar-refractivity contribution is 7.89. The van der Waals surface area contributed by atoms with Crippen LogP contribution in [0, 0.1) is 0 Å². The van der Waals surface area contributed by atoms with Gasteiger partial charge in [0.15, 0.2) is 0 Å². The third-order valence-electron chi connectivity index (χ3n) is 3.45. The zero-order valence-corrected chi connectivity index (χ0v) is 15.1. The fourth-order valence-corrected chi connectivity index (χ4v) is 4.70. The van der Waals surface area contributed by atoms with Gasteiger partial charge in [0, 0.05) is 24.2 Å². The summed E-state index contributed by atoms with van der Waals surface area (Å²) < 4.78 is 27.1. The molecule has 1 N–H and O–H groups in total. The molecule has 0 radical (unpaired) electrons. The first kappa shape index (κ1) is 18.7. The third-order valence-corrected chi connectivity index (χ3v) is 6.35. The number of rotatable bonds is 7. The van der Waals surface area contributed by atoms with Crippen molar-refractivity contribution < 1.29 is 8.42 Å². The second kappa shape index (κ2) is 7.79. The van der Waals surface area contributed by atoms with Gasteiger partial charge in [-0.3, -0.25) is 0 Å². The van der Waals surface area contributed by atoms with Crippen LogP contribution in [0.25, 0.3) is 0 Å². The van der Waals surface area contributed by atoms with E-state index in [0.29, 0.717) is 23.7 Å². The van der Waals surface area contributed by atoms with E-state index in [1.54, 1.807) is 13.1 Å². The Morgan fingerprint density at radius 1 is 1.24 bits per heavy atom. The number of nitrogens with one attached hydrogen (secondary N) is 1. The Bertz CT molecular complexity index is 591. The molecule has 21 heavy (non-hydrogen) atoms. The zero-order valence-electron chi connectivity index (χ0n) is 12.8. The molecular formula is C14H22Cl2N2O2S. The van der Waals surface area contributed by atoms with Gasteiger partial charge in [0.2, 0.25) is 10.0 Å². The molecule has 0 amide bonds. The van der Waals surface area contributed by atoms with E-state index in [-0.39, 0.29) is 16.0 Å². The lowest BCUT2D eigenvalue weighted by Gasteiger charge is -2.27. The van der Waals surface area contributed by atoms with Crippen LogP contribution in [-0.2, 0) is 16.6 Å². The number of hydrogen-bond donors (Lipinski definition) is 1. The van der Waals surface area contributed by atoms with Crippen molar-refractivity contribution in [3.05, 3.63) is 27.7 Å². The Kier molecular flexibility index (Phi) is 6.94. The minimum Gasteiger partial charge on any atom is -0.316 e. The van der Waals surface area contributed by atoms with Gasteiger partial charge < -0.3 is 5.32 Å². The normalized spacial score (nSPS) is 13.7. The van der Waals surface area contributed by atoms with Gasteiger partial charge in [-0.2, -0.15) is 4.31 Å². The standard InChI is InChI=1S/C14H22Cl2N2O2S/c1-5-10(3)18(6-2)21(19,20)14-7-11(9-17-4)12(15)8-13(14)16/h7-8,10,17H,5-6,9H2,1-4H3. The van der Waals surface area contributed by atoms with Crippen molar-refractivity contribution in [1.29, 1.82) is 0 Å². The summed E-state index contributed by atoms with van der Waals surface area (Å²) in [5.74, 6) is 0. The summed E-state index contributed by atoms with van der Waals surface area (Å²) in [4.78, 5) is 0.112. The lowest BCUT2D eigenvalue weighted by molar-refractivity contribution is 0.342. The molecule has 120 valence electrons. The van der Waals surface area contributed by atoms with Crippen LogP contribution in [0.5, 0.6) is 0 Å². The molecule has 0 bridgehead atoms. The number of nitrogens with zero attached hydrogens (tertiary/aromatic N) is 1. The summed E-state index contributed by atoms with van der Waals surface area (Å²) in [6.45, 7) is 6.55. The number of hydrogen-bond acceptors (Lipinski definition) is 3. The lowest BCUT2D eigenvalue weighted by atomic mass is 10.2. The molecule has 0 aliphatic rings. The molecule has 7 heteroatoms. The number of halogens is 2. The summed E-state index contributed by atoms with van der Waals surface area (Å²) in [6, 6.07) is 2.97. The monoisotopic (exact) mass is 352 g/mol. The van der Waals surface area contributed by atoms with Gasteiger partial charge in [0.05, 0.1) is 5.02 Å². The van der Waals surface area contributed by atoms with E-state index in [0.717, 1.165) is 6.42 Å². The maximum atomic E-state index is 12.8. The fourth-order valence-electron chi connectivity index (χ4n) is 2.14. The van der Waals surface area contributed by atoms with Crippen LogP contribution >= 0.6 is 23.2 Å². The van der Waals surface area contributed by atoms with Gasteiger partial charge in [-0.25, -0.2) is 8.42 Å². The van der Waals surface area contributed by atoms with Crippen molar-refractivity contribution in [2.24, 2.45) is 0 Å². The second-order valence-electron chi connectivity index (χ2n) is 4.87. The maximum absolute atomic E-state index is 12.8. The average molecular weight is 353 g/mol. The topological polar surface area (TPSA) is 49.4 Å². The highest BCUT2D eigenvalue weighted by Gasteiger charge is 2.29. The molecule has 1 unspecified atom stereocenters.